The normalized spacial score (nSPS) is 10.4. The van der Waals surface area contributed by atoms with E-state index in [0.717, 1.165) is 26.0 Å². The highest BCUT2D eigenvalue weighted by atomic mass is 79.9. The molecule has 0 N–H and O–H groups in total. The van der Waals surface area contributed by atoms with Crippen LogP contribution in [0.5, 0.6) is 11.6 Å². The molecule has 0 amide bonds. The quantitative estimate of drug-likeness (QED) is 0.650. The molecule has 94 valence electrons. The molecular weight excluding hydrogens is 381 g/mol. The van der Waals surface area contributed by atoms with Crippen LogP contribution in [0.15, 0.2) is 39.3 Å². The van der Waals surface area contributed by atoms with Gasteiger partial charge in [0.05, 0.1) is 4.47 Å². The van der Waals surface area contributed by atoms with Gasteiger partial charge in [0, 0.05) is 22.1 Å². The fraction of sp³-hybridized carbons (Fsp3) is 0.154. The van der Waals surface area contributed by atoms with Gasteiger partial charge in [-0.3, -0.25) is 0 Å². The lowest BCUT2D eigenvalue weighted by atomic mass is 10.2. The third kappa shape index (κ3) is 3.46. The van der Waals surface area contributed by atoms with Crippen molar-refractivity contribution in [1.29, 1.82) is 0 Å². The van der Waals surface area contributed by atoms with Crippen LogP contribution in [0.2, 0.25) is 0 Å². The minimum Gasteiger partial charge on any atom is -0.438 e. The van der Waals surface area contributed by atoms with Crippen molar-refractivity contribution in [3.63, 3.8) is 0 Å². The lowest BCUT2D eigenvalue weighted by Gasteiger charge is -2.09. The molecule has 2 rings (SSSR count). The maximum Gasteiger partial charge on any atom is 0.219 e. The van der Waals surface area contributed by atoms with Gasteiger partial charge in [-0.2, -0.15) is 0 Å². The summed E-state index contributed by atoms with van der Waals surface area (Å²) in [6.07, 6.45) is 0. The van der Waals surface area contributed by atoms with E-state index in [1.54, 1.807) is 0 Å². The van der Waals surface area contributed by atoms with Crippen LogP contribution >= 0.6 is 43.5 Å². The summed E-state index contributed by atoms with van der Waals surface area (Å²) in [7, 11) is 0. The largest absolute Gasteiger partial charge is 0.438 e. The van der Waals surface area contributed by atoms with Crippen LogP contribution in [0, 0.1) is 6.92 Å². The van der Waals surface area contributed by atoms with Crippen molar-refractivity contribution in [2.45, 2.75) is 12.8 Å². The van der Waals surface area contributed by atoms with Gasteiger partial charge in [0.25, 0.3) is 0 Å². The molecule has 0 saturated heterocycles. The van der Waals surface area contributed by atoms with Crippen molar-refractivity contribution in [3.8, 4) is 11.6 Å². The summed E-state index contributed by atoms with van der Waals surface area (Å²) in [5.74, 6) is 1.71. The summed E-state index contributed by atoms with van der Waals surface area (Å²) >= 11 is 12.7. The number of hydrogen-bond donors (Lipinski definition) is 0. The smallest absolute Gasteiger partial charge is 0.219 e. The maximum absolute atomic E-state index is 5.83. The van der Waals surface area contributed by atoms with Gasteiger partial charge in [0.1, 0.15) is 5.75 Å². The van der Waals surface area contributed by atoms with E-state index in [2.05, 4.69) is 36.8 Å². The lowest BCUT2D eigenvalue weighted by molar-refractivity contribution is 0.458. The lowest BCUT2D eigenvalue weighted by Crippen LogP contribution is -1.93. The molecule has 1 heterocycles. The zero-order valence-corrected chi connectivity index (χ0v) is 13.5. The van der Waals surface area contributed by atoms with E-state index in [-0.39, 0.29) is 0 Å². The van der Waals surface area contributed by atoms with E-state index in [1.165, 1.54) is 0 Å². The predicted octanol–water partition coefficient (Wildman–Crippen LogP) is 5.45. The summed E-state index contributed by atoms with van der Waals surface area (Å²) in [6.45, 7) is 1.92. The Morgan fingerprint density at radius 2 is 2.00 bits per heavy atom. The first kappa shape index (κ1) is 13.8. The Kier molecular flexibility index (Phi) is 4.65. The van der Waals surface area contributed by atoms with E-state index >= 15 is 0 Å². The molecule has 1 aromatic carbocycles. The summed E-state index contributed by atoms with van der Waals surface area (Å²) in [5, 5.41) is 0. The number of aryl methyl sites for hydroxylation is 1. The van der Waals surface area contributed by atoms with Crippen molar-refractivity contribution in [2.75, 3.05) is 0 Å². The minimum absolute atomic E-state index is 0.446. The van der Waals surface area contributed by atoms with E-state index in [1.807, 2.05) is 37.3 Å². The molecule has 1 aromatic heterocycles. The van der Waals surface area contributed by atoms with Crippen LogP contribution in [-0.2, 0) is 5.88 Å². The Hall–Kier alpha value is -0.580. The molecule has 0 unspecified atom stereocenters. The molecule has 0 saturated carbocycles. The molecule has 0 aliphatic carbocycles. The van der Waals surface area contributed by atoms with Crippen LogP contribution in [0.4, 0.5) is 0 Å². The van der Waals surface area contributed by atoms with Gasteiger partial charge >= 0.3 is 0 Å². The molecule has 0 aliphatic heterocycles. The highest BCUT2D eigenvalue weighted by Gasteiger charge is 2.06. The van der Waals surface area contributed by atoms with Crippen LogP contribution in [0.3, 0.4) is 0 Å². The number of halogens is 3. The Morgan fingerprint density at radius 3 is 2.67 bits per heavy atom. The predicted molar refractivity (Wildman–Crippen MR) is 80.4 cm³/mol. The van der Waals surface area contributed by atoms with Crippen LogP contribution in [-0.4, -0.2) is 4.98 Å². The highest BCUT2D eigenvalue weighted by molar-refractivity contribution is 9.11. The monoisotopic (exact) mass is 389 g/mol. The molecule has 0 aliphatic rings. The van der Waals surface area contributed by atoms with Gasteiger partial charge in [-0.25, -0.2) is 4.98 Å². The Bertz CT molecular complexity index is 575. The van der Waals surface area contributed by atoms with Crippen molar-refractivity contribution in [1.82, 2.24) is 4.98 Å². The summed E-state index contributed by atoms with van der Waals surface area (Å²) in [5.41, 5.74) is 1.88. The molecule has 18 heavy (non-hydrogen) atoms. The van der Waals surface area contributed by atoms with Gasteiger partial charge in [0.15, 0.2) is 0 Å². The number of rotatable bonds is 3. The van der Waals surface area contributed by atoms with Crippen LogP contribution in [0.25, 0.3) is 0 Å². The molecule has 2 aromatic rings. The second kappa shape index (κ2) is 6.04. The third-order valence-corrected chi connectivity index (χ3v) is 3.67. The molecule has 5 heteroatoms. The Morgan fingerprint density at radius 1 is 1.22 bits per heavy atom. The van der Waals surface area contributed by atoms with Crippen molar-refractivity contribution in [3.05, 3.63) is 50.5 Å². The molecule has 0 atom stereocenters. The molecule has 0 spiro atoms. The van der Waals surface area contributed by atoms with E-state index in [0.29, 0.717) is 11.8 Å². The second-order valence-electron chi connectivity index (χ2n) is 3.77. The number of ether oxygens (including phenoxy) is 1. The molecule has 0 fully saturated rings. The summed E-state index contributed by atoms with van der Waals surface area (Å²) in [4.78, 5) is 4.33. The fourth-order valence-electron chi connectivity index (χ4n) is 1.51. The molecule has 0 bridgehead atoms. The van der Waals surface area contributed by atoms with Crippen molar-refractivity contribution >= 4 is 43.5 Å². The average Bonchev–Trinajstić information content (AvgIpc) is 2.32. The molecule has 2 nitrogen and oxygen atoms in total. The van der Waals surface area contributed by atoms with Gasteiger partial charge in [-0.1, -0.05) is 15.9 Å². The topological polar surface area (TPSA) is 22.1 Å². The van der Waals surface area contributed by atoms with Crippen LogP contribution < -0.4 is 4.74 Å². The zero-order valence-electron chi connectivity index (χ0n) is 9.58. The minimum atomic E-state index is 0.446. The van der Waals surface area contributed by atoms with Crippen molar-refractivity contribution in [2.24, 2.45) is 0 Å². The highest BCUT2D eigenvalue weighted by Crippen LogP contribution is 2.31. The maximum atomic E-state index is 5.83. The fourth-order valence-corrected chi connectivity index (χ4v) is 2.79. The first-order valence-electron chi connectivity index (χ1n) is 5.25. The van der Waals surface area contributed by atoms with Gasteiger partial charge in [-0.05, 0) is 52.7 Å². The average molecular weight is 391 g/mol. The zero-order chi connectivity index (χ0) is 13.1. The van der Waals surface area contributed by atoms with Gasteiger partial charge in [-0.15, -0.1) is 11.6 Å². The number of benzene rings is 1. The van der Waals surface area contributed by atoms with E-state index < -0.39 is 0 Å². The Labute approximate surface area is 128 Å². The summed E-state index contributed by atoms with van der Waals surface area (Å²) < 4.78 is 7.60. The Balaban J connectivity index is 2.30. The number of aromatic nitrogens is 1. The van der Waals surface area contributed by atoms with Crippen LogP contribution in [0.1, 0.15) is 11.3 Å². The third-order valence-electron chi connectivity index (χ3n) is 2.25. The first-order valence-corrected chi connectivity index (χ1v) is 7.37. The van der Waals surface area contributed by atoms with Gasteiger partial charge < -0.3 is 4.74 Å². The van der Waals surface area contributed by atoms with E-state index in [4.69, 9.17) is 16.3 Å². The second-order valence-corrected chi connectivity index (χ2v) is 5.80. The first-order chi connectivity index (χ1) is 8.58. The molecule has 0 radical (unpaired) electrons. The number of nitrogens with zero attached hydrogens (tertiary/aromatic N) is 1. The van der Waals surface area contributed by atoms with Crippen molar-refractivity contribution < 1.29 is 4.74 Å². The standard InChI is InChI=1S/C13H10Br2ClNO/c1-8-4-9(7-16)5-13(17-8)18-12-3-2-10(14)6-11(12)15/h2-6H,7H2,1H3. The SMILES string of the molecule is Cc1cc(CCl)cc(Oc2ccc(Br)cc2Br)n1. The van der Waals surface area contributed by atoms with Gasteiger partial charge in [0.2, 0.25) is 5.88 Å². The van der Waals surface area contributed by atoms with E-state index in [9.17, 15) is 0 Å². The number of pyridine rings is 1. The summed E-state index contributed by atoms with van der Waals surface area (Å²) in [6, 6.07) is 9.50. The number of alkyl halides is 1. The number of hydrogen-bond acceptors (Lipinski definition) is 2. The molecular formula is C13H10Br2ClNO.